The van der Waals surface area contributed by atoms with E-state index in [1.165, 1.54) is 16.8 Å². The van der Waals surface area contributed by atoms with Crippen molar-refractivity contribution in [2.75, 3.05) is 18.5 Å². The highest BCUT2D eigenvalue weighted by Gasteiger charge is 2.08. The molecule has 2 amide bonds. The van der Waals surface area contributed by atoms with E-state index >= 15 is 0 Å². The van der Waals surface area contributed by atoms with E-state index in [1.807, 2.05) is 6.92 Å². The number of aliphatic hydroxyl groups is 1. The molecule has 0 aliphatic heterocycles. The Morgan fingerprint density at radius 3 is 2.90 bits per heavy atom. The molecule has 0 fully saturated rings. The zero-order valence-corrected chi connectivity index (χ0v) is 10.9. The van der Waals surface area contributed by atoms with Crippen LogP contribution >= 0.6 is 0 Å². The largest absolute Gasteiger partial charge is 0.395 e. The van der Waals surface area contributed by atoms with Gasteiger partial charge in [0.2, 0.25) is 0 Å². The Morgan fingerprint density at radius 1 is 1.50 bits per heavy atom. The van der Waals surface area contributed by atoms with E-state index in [0.717, 1.165) is 5.56 Å². The average molecular weight is 278 g/mol. The molecule has 0 saturated carbocycles. The standard InChI is InChI=1S/C13H15FN4O2/c1-9-7-16-18(8-9)12-3-2-10(6-11(12)14)17-13(20)15-4-5-19/h2-3,6-8,19H,4-5H2,1H3,(H2,15,17,20). The van der Waals surface area contributed by atoms with E-state index < -0.39 is 11.8 Å². The first-order valence-electron chi connectivity index (χ1n) is 6.07. The molecule has 1 heterocycles. The summed E-state index contributed by atoms with van der Waals surface area (Å²) >= 11 is 0. The van der Waals surface area contributed by atoms with E-state index in [4.69, 9.17) is 5.11 Å². The van der Waals surface area contributed by atoms with Crippen molar-refractivity contribution in [3.8, 4) is 5.69 Å². The Morgan fingerprint density at radius 2 is 2.30 bits per heavy atom. The maximum absolute atomic E-state index is 14.0. The number of carbonyl (C=O) groups is 1. The number of hydrogen-bond donors (Lipinski definition) is 3. The molecule has 0 unspecified atom stereocenters. The summed E-state index contributed by atoms with van der Waals surface area (Å²) in [5, 5.41) is 17.5. The molecular weight excluding hydrogens is 263 g/mol. The molecule has 0 aliphatic rings. The lowest BCUT2D eigenvalue weighted by Gasteiger charge is -2.08. The maximum Gasteiger partial charge on any atom is 0.319 e. The fourth-order valence-corrected chi connectivity index (χ4v) is 1.66. The van der Waals surface area contributed by atoms with Crippen molar-refractivity contribution in [3.63, 3.8) is 0 Å². The molecule has 0 saturated heterocycles. The number of nitrogens with one attached hydrogen (secondary N) is 2. The van der Waals surface area contributed by atoms with Crippen LogP contribution in [0.1, 0.15) is 5.56 Å². The normalized spacial score (nSPS) is 10.3. The minimum Gasteiger partial charge on any atom is -0.395 e. The van der Waals surface area contributed by atoms with Gasteiger partial charge in [-0.3, -0.25) is 0 Å². The molecule has 20 heavy (non-hydrogen) atoms. The highest BCUT2D eigenvalue weighted by atomic mass is 19.1. The average Bonchev–Trinajstić information content (AvgIpc) is 2.83. The number of amides is 2. The lowest BCUT2D eigenvalue weighted by molar-refractivity contribution is 0.245. The van der Waals surface area contributed by atoms with Crippen LogP contribution in [0, 0.1) is 12.7 Å². The van der Waals surface area contributed by atoms with Crippen molar-refractivity contribution in [2.24, 2.45) is 0 Å². The van der Waals surface area contributed by atoms with Gasteiger partial charge in [-0.2, -0.15) is 5.10 Å². The topological polar surface area (TPSA) is 79.2 Å². The Balaban J connectivity index is 2.12. The Labute approximate surface area is 115 Å². The van der Waals surface area contributed by atoms with Crippen LogP contribution < -0.4 is 10.6 Å². The Bertz CT molecular complexity index is 612. The summed E-state index contributed by atoms with van der Waals surface area (Å²) in [5.74, 6) is -0.493. The van der Waals surface area contributed by atoms with Gasteiger partial charge >= 0.3 is 6.03 Å². The molecule has 0 radical (unpaired) electrons. The number of carbonyl (C=O) groups excluding carboxylic acids is 1. The van der Waals surface area contributed by atoms with Gasteiger partial charge < -0.3 is 15.7 Å². The first-order chi connectivity index (χ1) is 9.60. The number of hydrogen-bond acceptors (Lipinski definition) is 3. The van der Waals surface area contributed by atoms with Crippen LogP contribution in [-0.2, 0) is 0 Å². The Kier molecular flexibility index (Phi) is 4.31. The second kappa shape index (κ2) is 6.16. The summed E-state index contributed by atoms with van der Waals surface area (Å²) in [6, 6.07) is 3.82. The van der Waals surface area contributed by atoms with Crippen molar-refractivity contribution < 1.29 is 14.3 Å². The molecule has 106 valence electrons. The van der Waals surface area contributed by atoms with Gasteiger partial charge in [-0.25, -0.2) is 13.9 Å². The minimum absolute atomic E-state index is 0.138. The van der Waals surface area contributed by atoms with Crippen LogP contribution in [0.25, 0.3) is 5.69 Å². The van der Waals surface area contributed by atoms with Crippen LogP contribution in [0.3, 0.4) is 0 Å². The molecular formula is C13H15FN4O2. The fraction of sp³-hybridized carbons (Fsp3) is 0.231. The summed E-state index contributed by atoms with van der Waals surface area (Å²) in [6.45, 7) is 1.85. The molecule has 3 N–H and O–H groups in total. The number of aliphatic hydroxyl groups excluding tert-OH is 1. The third-order valence-corrected chi connectivity index (χ3v) is 2.56. The number of aryl methyl sites for hydroxylation is 1. The van der Waals surface area contributed by atoms with Crippen LogP contribution in [0.5, 0.6) is 0 Å². The molecule has 6 nitrogen and oxygen atoms in total. The number of anilines is 1. The molecule has 2 aromatic rings. The summed E-state index contributed by atoms with van der Waals surface area (Å²) in [7, 11) is 0. The molecule has 0 aliphatic carbocycles. The third-order valence-electron chi connectivity index (χ3n) is 2.56. The lowest BCUT2D eigenvalue weighted by Crippen LogP contribution is -2.31. The van der Waals surface area contributed by atoms with Crippen LogP contribution in [-0.4, -0.2) is 34.1 Å². The highest BCUT2D eigenvalue weighted by molar-refractivity contribution is 5.89. The summed E-state index contributed by atoms with van der Waals surface area (Å²) in [4.78, 5) is 11.4. The van der Waals surface area contributed by atoms with Crippen molar-refractivity contribution in [1.29, 1.82) is 0 Å². The predicted octanol–water partition coefficient (Wildman–Crippen LogP) is 1.43. The van der Waals surface area contributed by atoms with Crippen molar-refractivity contribution in [1.82, 2.24) is 15.1 Å². The van der Waals surface area contributed by atoms with Crippen LogP contribution in [0.4, 0.5) is 14.9 Å². The van der Waals surface area contributed by atoms with Gasteiger partial charge in [0.15, 0.2) is 5.82 Å². The smallest absolute Gasteiger partial charge is 0.319 e. The van der Waals surface area contributed by atoms with E-state index in [0.29, 0.717) is 11.4 Å². The van der Waals surface area contributed by atoms with Crippen LogP contribution in [0.15, 0.2) is 30.6 Å². The number of aromatic nitrogens is 2. The number of nitrogens with zero attached hydrogens (tertiary/aromatic N) is 2. The zero-order valence-electron chi connectivity index (χ0n) is 10.9. The fourth-order valence-electron chi connectivity index (χ4n) is 1.66. The van der Waals surface area contributed by atoms with Gasteiger partial charge in [0.05, 0.1) is 12.8 Å². The second-order valence-electron chi connectivity index (χ2n) is 4.23. The minimum atomic E-state index is -0.499. The van der Waals surface area contributed by atoms with Crippen molar-refractivity contribution in [2.45, 2.75) is 6.92 Å². The zero-order chi connectivity index (χ0) is 14.5. The van der Waals surface area contributed by atoms with Gasteiger partial charge in [-0.1, -0.05) is 0 Å². The molecule has 0 spiro atoms. The highest BCUT2D eigenvalue weighted by Crippen LogP contribution is 2.18. The van der Waals surface area contributed by atoms with Gasteiger partial charge in [0.25, 0.3) is 0 Å². The summed E-state index contributed by atoms with van der Waals surface area (Å²) < 4.78 is 15.4. The third kappa shape index (κ3) is 3.33. The van der Waals surface area contributed by atoms with Gasteiger partial charge in [-0.05, 0) is 30.7 Å². The van der Waals surface area contributed by atoms with Gasteiger partial charge in [0, 0.05) is 18.4 Å². The summed E-state index contributed by atoms with van der Waals surface area (Å²) in [5.41, 5.74) is 1.56. The molecule has 1 aromatic heterocycles. The maximum atomic E-state index is 14.0. The van der Waals surface area contributed by atoms with E-state index in [9.17, 15) is 9.18 Å². The monoisotopic (exact) mass is 278 g/mol. The molecule has 0 atom stereocenters. The molecule has 0 bridgehead atoms. The quantitative estimate of drug-likeness (QED) is 0.791. The van der Waals surface area contributed by atoms with Crippen molar-refractivity contribution in [3.05, 3.63) is 42.0 Å². The van der Waals surface area contributed by atoms with Gasteiger partial charge in [0.1, 0.15) is 5.69 Å². The SMILES string of the molecule is Cc1cnn(-c2ccc(NC(=O)NCCO)cc2F)c1. The number of halogens is 1. The first-order valence-corrected chi connectivity index (χ1v) is 6.07. The molecule has 1 aromatic carbocycles. The molecule has 2 rings (SSSR count). The number of urea groups is 1. The number of rotatable bonds is 4. The number of benzene rings is 1. The summed E-state index contributed by atoms with van der Waals surface area (Å²) in [6.07, 6.45) is 3.34. The van der Waals surface area contributed by atoms with Crippen LogP contribution in [0.2, 0.25) is 0 Å². The molecule has 7 heteroatoms. The van der Waals surface area contributed by atoms with Gasteiger partial charge in [-0.15, -0.1) is 0 Å². The second-order valence-corrected chi connectivity index (χ2v) is 4.23. The Hall–Kier alpha value is -2.41. The van der Waals surface area contributed by atoms with E-state index in [2.05, 4.69) is 15.7 Å². The van der Waals surface area contributed by atoms with E-state index in [-0.39, 0.29) is 13.2 Å². The lowest BCUT2D eigenvalue weighted by atomic mass is 10.2. The predicted molar refractivity (Wildman–Crippen MR) is 72.4 cm³/mol. The van der Waals surface area contributed by atoms with Crippen molar-refractivity contribution >= 4 is 11.7 Å². The first kappa shape index (κ1) is 14.0. The van der Waals surface area contributed by atoms with E-state index in [1.54, 1.807) is 18.5 Å².